The smallest absolute Gasteiger partial charge is 0.322 e. The first-order valence-electron chi connectivity index (χ1n) is 9.10. The van der Waals surface area contributed by atoms with Crippen molar-refractivity contribution in [2.24, 2.45) is 5.73 Å². The minimum Gasteiger partial charge on any atom is -0.398 e. The van der Waals surface area contributed by atoms with Crippen LogP contribution in [0.3, 0.4) is 0 Å². The van der Waals surface area contributed by atoms with E-state index in [4.69, 9.17) is 11.5 Å². The van der Waals surface area contributed by atoms with Gasteiger partial charge in [0.2, 0.25) is 5.91 Å². The number of aromatic nitrogens is 1. The van der Waals surface area contributed by atoms with Gasteiger partial charge in [-0.05, 0) is 43.2 Å². The predicted octanol–water partition coefficient (Wildman–Crippen LogP) is 2.81. The van der Waals surface area contributed by atoms with Crippen LogP contribution in [-0.2, 0) is 9.54 Å². The molecule has 1 atom stereocenters. The van der Waals surface area contributed by atoms with E-state index in [1.54, 1.807) is 29.4 Å². The van der Waals surface area contributed by atoms with Crippen molar-refractivity contribution in [2.45, 2.75) is 17.6 Å². The molecular formula is C20H20FN5O2S. The van der Waals surface area contributed by atoms with E-state index in [0.717, 1.165) is 10.5 Å². The molecule has 3 heterocycles. The summed E-state index contributed by atoms with van der Waals surface area (Å²) < 4.78 is 12.7. The highest BCUT2D eigenvalue weighted by molar-refractivity contribution is 8.05. The average Bonchev–Trinajstić information content (AvgIpc) is 3.10. The van der Waals surface area contributed by atoms with Gasteiger partial charge in [-0.3, -0.25) is 9.78 Å². The third-order valence-electron chi connectivity index (χ3n) is 5.24. The highest BCUT2D eigenvalue weighted by atomic mass is 32.2. The lowest BCUT2D eigenvalue weighted by Gasteiger charge is -2.28. The Balaban J connectivity index is 1.55. The van der Waals surface area contributed by atoms with Crippen LogP contribution in [0.5, 0.6) is 0 Å². The zero-order chi connectivity index (χ0) is 20.6. The first kappa shape index (κ1) is 19.3. The van der Waals surface area contributed by atoms with Crippen molar-refractivity contribution in [1.29, 1.82) is 0 Å². The van der Waals surface area contributed by atoms with Crippen LogP contribution in [0.25, 0.3) is 0 Å². The Kier molecular flexibility index (Phi) is 4.91. The van der Waals surface area contributed by atoms with Crippen molar-refractivity contribution in [1.82, 2.24) is 9.88 Å². The van der Waals surface area contributed by atoms with Gasteiger partial charge in [0, 0.05) is 40.8 Å². The molecule has 0 spiro atoms. The average molecular weight is 413 g/mol. The molecule has 1 unspecified atom stereocenters. The number of carbonyl (C=O) groups excluding carboxylic acids is 2. The quantitative estimate of drug-likeness (QED) is 0.670. The zero-order valence-electron chi connectivity index (χ0n) is 15.5. The fourth-order valence-electron chi connectivity index (χ4n) is 3.72. The van der Waals surface area contributed by atoms with E-state index in [2.05, 4.69) is 10.3 Å². The highest BCUT2D eigenvalue weighted by Gasteiger charge is 2.48. The number of anilines is 2. The lowest BCUT2D eigenvalue weighted by molar-refractivity contribution is -0.120. The normalized spacial score (nSPS) is 21.1. The number of hydrogen-bond acceptors (Lipinski definition) is 5. The number of amides is 3. The second-order valence-corrected chi connectivity index (χ2v) is 8.46. The van der Waals surface area contributed by atoms with Gasteiger partial charge in [0.15, 0.2) is 0 Å². The van der Waals surface area contributed by atoms with Crippen molar-refractivity contribution < 1.29 is 14.0 Å². The molecule has 2 aliphatic rings. The number of hydrogen-bond donors (Lipinski definition) is 3. The van der Waals surface area contributed by atoms with Crippen LogP contribution in [0, 0.1) is 5.82 Å². The molecule has 1 aromatic heterocycles. The predicted molar refractivity (Wildman–Crippen MR) is 110 cm³/mol. The maximum absolute atomic E-state index is 13.9. The van der Waals surface area contributed by atoms with Crippen LogP contribution in [0.1, 0.15) is 18.4 Å². The fourth-order valence-corrected chi connectivity index (χ4v) is 5.31. The second-order valence-electron chi connectivity index (χ2n) is 7.07. The molecule has 0 radical (unpaired) electrons. The molecule has 5 N–H and O–H groups in total. The molecule has 0 saturated heterocycles. The molecular weight excluding hydrogens is 393 g/mol. The number of nitrogens with zero attached hydrogens (tertiary/aromatic N) is 2. The Morgan fingerprint density at radius 1 is 1.24 bits per heavy atom. The number of rotatable bonds is 3. The van der Waals surface area contributed by atoms with Crippen molar-refractivity contribution in [3.63, 3.8) is 0 Å². The number of carbonyl (C=O) groups is 2. The van der Waals surface area contributed by atoms with Gasteiger partial charge < -0.3 is 21.7 Å². The Bertz CT molecular complexity index is 1010. The Morgan fingerprint density at radius 2 is 2.00 bits per heavy atom. The van der Waals surface area contributed by atoms with Crippen LogP contribution in [0.4, 0.5) is 20.6 Å². The maximum atomic E-state index is 13.9. The third kappa shape index (κ3) is 3.53. The monoisotopic (exact) mass is 413 g/mol. The maximum Gasteiger partial charge on any atom is 0.322 e. The zero-order valence-corrected chi connectivity index (χ0v) is 16.3. The van der Waals surface area contributed by atoms with E-state index in [9.17, 15) is 14.0 Å². The number of pyridine rings is 1. The molecule has 9 heteroatoms. The van der Waals surface area contributed by atoms with Crippen LogP contribution in [0.2, 0.25) is 0 Å². The van der Waals surface area contributed by atoms with Crippen LogP contribution in [-0.4, -0.2) is 34.9 Å². The van der Waals surface area contributed by atoms with Gasteiger partial charge in [-0.1, -0.05) is 5.57 Å². The topological polar surface area (TPSA) is 114 Å². The lowest BCUT2D eigenvalue weighted by atomic mass is 9.87. The molecule has 2 aromatic rings. The van der Waals surface area contributed by atoms with Crippen LogP contribution >= 0.6 is 11.8 Å². The molecule has 2 aliphatic heterocycles. The number of primary amides is 1. The number of benzene rings is 1. The Labute approximate surface area is 171 Å². The summed E-state index contributed by atoms with van der Waals surface area (Å²) in [4.78, 5) is 31.6. The number of nitrogen functional groups attached to an aromatic ring is 1. The summed E-state index contributed by atoms with van der Waals surface area (Å²) in [6.45, 7) is 0.880. The van der Waals surface area contributed by atoms with E-state index < -0.39 is 16.5 Å². The first-order valence-corrected chi connectivity index (χ1v) is 9.92. The van der Waals surface area contributed by atoms with Gasteiger partial charge in [-0.2, -0.15) is 0 Å². The molecule has 150 valence electrons. The van der Waals surface area contributed by atoms with Crippen molar-refractivity contribution >= 4 is 35.1 Å². The summed E-state index contributed by atoms with van der Waals surface area (Å²) in [5.74, 6) is -1.04. The Hall–Kier alpha value is -3.07. The van der Waals surface area contributed by atoms with Gasteiger partial charge >= 0.3 is 6.03 Å². The number of nitrogens with two attached hydrogens (primary N) is 2. The molecule has 1 aromatic carbocycles. The van der Waals surface area contributed by atoms with Crippen molar-refractivity contribution in [2.75, 3.05) is 24.1 Å². The van der Waals surface area contributed by atoms with E-state index in [-0.39, 0.29) is 6.03 Å². The summed E-state index contributed by atoms with van der Waals surface area (Å²) in [5, 5.41) is 2.84. The molecule has 4 rings (SSSR count). The van der Waals surface area contributed by atoms with Gasteiger partial charge in [-0.15, -0.1) is 11.8 Å². The first-order chi connectivity index (χ1) is 13.9. The summed E-state index contributed by atoms with van der Waals surface area (Å²) in [6.07, 6.45) is 4.19. The molecule has 3 amide bonds. The van der Waals surface area contributed by atoms with Crippen LogP contribution < -0.4 is 16.8 Å². The SMILES string of the molecule is NC(=O)C1(c2cc(F)ccc2N)CC2=C(CN(C(=O)Nc3ccncc3)CC2)S1. The molecule has 0 aliphatic carbocycles. The minimum absolute atomic E-state index is 0.231. The van der Waals surface area contributed by atoms with E-state index >= 15 is 0 Å². The summed E-state index contributed by atoms with van der Waals surface area (Å²) >= 11 is 1.28. The van der Waals surface area contributed by atoms with Crippen molar-refractivity contribution in [3.8, 4) is 0 Å². The molecule has 0 saturated carbocycles. The van der Waals surface area contributed by atoms with E-state index in [1.165, 1.54) is 30.0 Å². The number of nitrogens with one attached hydrogen (secondary N) is 1. The van der Waals surface area contributed by atoms with E-state index in [1.807, 2.05) is 0 Å². The highest BCUT2D eigenvalue weighted by Crippen LogP contribution is 2.56. The van der Waals surface area contributed by atoms with Gasteiger partial charge in [-0.25, -0.2) is 9.18 Å². The second kappa shape index (κ2) is 7.40. The molecule has 29 heavy (non-hydrogen) atoms. The minimum atomic E-state index is -1.16. The number of halogens is 1. The number of thioether (sulfide) groups is 1. The Morgan fingerprint density at radius 3 is 2.72 bits per heavy atom. The summed E-state index contributed by atoms with van der Waals surface area (Å²) in [7, 11) is 0. The fraction of sp³-hybridized carbons (Fsp3) is 0.250. The van der Waals surface area contributed by atoms with Gasteiger partial charge in [0.05, 0.1) is 6.54 Å². The number of urea groups is 1. The largest absolute Gasteiger partial charge is 0.398 e. The molecule has 0 bridgehead atoms. The van der Waals surface area contributed by atoms with E-state index in [0.29, 0.717) is 42.9 Å². The molecule has 0 fully saturated rings. The third-order valence-corrected chi connectivity index (χ3v) is 6.82. The lowest BCUT2D eigenvalue weighted by Crippen LogP contribution is -2.39. The molecule has 7 nitrogen and oxygen atoms in total. The summed E-state index contributed by atoms with van der Waals surface area (Å²) in [5.41, 5.74) is 14.3. The van der Waals surface area contributed by atoms with Crippen LogP contribution in [0.15, 0.2) is 53.2 Å². The summed E-state index contributed by atoms with van der Waals surface area (Å²) in [6, 6.07) is 7.17. The van der Waals surface area contributed by atoms with Crippen molar-refractivity contribution in [3.05, 3.63) is 64.6 Å². The van der Waals surface area contributed by atoms with Gasteiger partial charge in [0.25, 0.3) is 0 Å². The standard InChI is InChI=1S/C20H20FN5O2S/c21-13-1-2-16(22)15(9-13)20(18(23)27)10-12-5-8-26(11-17(12)29-20)19(28)25-14-3-6-24-7-4-14/h1-4,6-7,9H,5,8,10-11,22H2,(H2,23,27)(H,24,25,28). The van der Waals surface area contributed by atoms with Gasteiger partial charge in [0.1, 0.15) is 10.6 Å².